The van der Waals surface area contributed by atoms with E-state index in [0.717, 1.165) is 11.3 Å². The minimum Gasteiger partial charge on any atom is -0.506 e. The van der Waals surface area contributed by atoms with E-state index < -0.39 is 0 Å². The average molecular weight is 331 g/mol. The van der Waals surface area contributed by atoms with Crippen LogP contribution in [0.15, 0.2) is 40.9 Å². The van der Waals surface area contributed by atoms with Crippen LogP contribution in [0.3, 0.4) is 0 Å². The lowest BCUT2D eigenvalue weighted by Crippen LogP contribution is -1.99. The summed E-state index contributed by atoms with van der Waals surface area (Å²) >= 11 is 8.93. The number of nitrogens with one attached hydrogen (secondary N) is 1. The van der Waals surface area contributed by atoms with Crippen LogP contribution in [0.4, 0.5) is 10.1 Å². The smallest absolute Gasteiger partial charge is 0.137 e. The molecule has 0 saturated carbocycles. The van der Waals surface area contributed by atoms with Gasteiger partial charge in [-0.25, -0.2) is 4.39 Å². The molecule has 0 fully saturated rings. The number of anilines is 1. The third kappa shape index (κ3) is 3.15. The Kier molecular flexibility index (Phi) is 4.09. The van der Waals surface area contributed by atoms with E-state index in [2.05, 4.69) is 21.2 Å². The fraction of sp³-hybridized carbons (Fsp3) is 0.0769. The SMILES string of the molecule is Oc1ccc(NCc2ccc(F)c(Br)c2)cc1Cl. The van der Waals surface area contributed by atoms with Crippen LogP contribution in [-0.2, 0) is 6.54 Å². The summed E-state index contributed by atoms with van der Waals surface area (Å²) in [4.78, 5) is 0. The first-order valence-corrected chi connectivity index (χ1v) is 6.39. The van der Waals surface area contributed by atoms with Crippen molar-refractivity contribution >= 4 is 33.2 Å². The van der Waals surface area contributed by atoms with Gasteiger partial charge in [0.15, 0.2) is 0 Å². The number of halogens is 3. The maximum Gasteiger partial charge on any atom is 0.137 e. The van der Waals surface area contributed by atoms with Crippen LogP contribution in [0.5, 0.6) is 5.75 Å². The van der Waals surface area contributed by atoms with E-state index in [0.29, 0.717) is 16.0 Å². The van der Waals surface area contributed by atoms with Gasteiger partial charge in [0.2, 0.25) is 0 Å². The molecule has 0 saturated heterocycles. The molecule has 0 aromatic heterocycles. The number of aromatic hydroxyl groups is 1. The first-order valence-electron chi connectivity index (χ1n) is 5.22. The lowest BCUT2D eigenvalue weighted by molar-refractivity contribution is 0.475. The Labute approximate surface area is 118 Å². The minimum absolute atomic E-state index is 0.0479. The predicted octanol–water partition coefficient (Wildman–Crippen LogP) is 4.56. The van der Waals surface area contributed by atoms with E-state index in [1.54, 1.807) is 24.3 Å². The van der Waals surface area contributed by atoms with Crippen LogP contribution in [0.2, 0.25) is 5.02 Å². The molecule has 2 N–H and O–H groups in total. The molecule has 0 radical (unpaired) electrons. The monoisotopic (exact) mass is 329 g/mol. The number of rotatable bonds is 3. The van der Waals surface area contributed by atoms with Crippen molar-refractivity contribution in [1.29, 1.82) is 0 Å². The van der Waals surface area contributed by atoms with E-state index in [1.165, 1.54) is 12.1 Å². The zero-order chi connectivity index (χ0) is 13.1. The maximum absolute atomic E-state index is 13.0. The molecule has 0 atom stereocenters. The van der Waals surface area contributed by atoms with Crippen molar-refractivity contribution in [2.45, 2.75) is 6.54 Å². The van der Waals surface area contributed by atoms with Gasteiger partial charge in [-0.15, -0.1) is 0 Å². The molecular weight excluding hydrogens is 321 g/mol. The summed E-state index contributed by atoms with van der Waals surface area (Å²) in [6, 6.07) is 9.70. The van der Waals surface area contributed by atoms with Crippen LogP contribution >= 0.6 is 27.5 Å². The van der Waals surface area contributed by atoms with E-state index in [-0.39, 0.29) is 11.6 Å². The van der Waals surface area contributed by atoms with Gasteiger partial charge in [-0.05, 0) is 51.8 Å². The fourth-order valence-corrected chi connectivity index (χ4v) is 2.08. The number of phenols is 1. The first kappa shape index (κ1) is 13.2. The van der Waals surface area contributed by atoms with Gasteiger partial charge < -0.3 is 10.4 Å². The molecule has 0 amide bonds. The highest BCUT2D eigenvalue weighted by atomic mass is 79.9. The molecule has 0 spiro atoms. The van der Waals surface area contributed by atoms with Gasteiger partial charge in [0.25, 0.3) is 0 Å². The summed E-state index contributed by atoms with van der Waals surface area (Å²) < 4.78 is 13.5. The lowest BCUT2D eigenvalue weighted by atomic mass is 10.2. The first-order chi connectivity index (χ1) is 8.56. The molecule has 0 unspecified atom stereocenters. The summed E-state index contributed by atoms with van der Waals surface area (Å²) in [5.41, 5.74) is 1.73. The van der Waals surface area contributed by atoms with Crippen molar-refractivity contribution < 1.29 is 9.50 Å². The number of hydrogen-bond acceptors (Lipinski definition) is 2. The van der Waals surface area contributed by atoms with E-state index in [1.807, 2.05) is 0 Å². The van der Waals surface area contributed by atoms with Crippen LogP contribution in [-0.4, -0.2) is 5.11 Å². The molecule has 0 aliphatic heterocycles. The summed E-state index contributed by atoms with van der Waals surface area (Å²) in [7, 11) is 0. The summed E-state index contributed by atoms with van der Waals surface area (Å²) in [5.74, 6) is -0.238. The average Bonchev–Trinajstić information content (AvgIpc) is 2.35. The molecule has 0 heterocycles. The maximum atomic E-state index is 13.0. The highest BCUT2D eigenvalue weighted by molar-refractivity contribution is 9.10. The predicted molar refractivity (Wildman–Crippen MR) is 74.5 cm³/mol. The molecule has 2 aromatic carbocycles. The van der Waals surface area contributed by atoms with Gasteiger partial charge in [-0.3, -0.25) is 0 Å². The number of phenolic OH excluding ortho intramolecular Hbond substituents is 1. The summed E-state index contributed by atoms with van der Waals surface area (Å²) in [6.45, 7) is 0.542. The zero-order valence-corrected chi connectivity index (χ0v) is 11.6. The van der Waals surface area contributed by atoms with Crippen molar-refractivity contribution in [1.82, 2.24) is 0 Å². The second-order valence-corrected chi connectivity index (χ2v) is 5.03. The normalized spacial score (nSPS) is 10.4. The molecular formula is C13H10BrClFNO. The van der Waals surface area contributed by atoms with Gasteiger partial charge in [0.1, 0.15) is 11.6 Å². The third-order valence-corrected chi connectivity index (χ3v) is 3.34. The largest absolute Gasteiger partial charge is 0.506 e. The molecule has 0 bridgehead atoms. The Hall–Kier alpha value is -1.26. The molecule has 94 valence electrons. The van der Waals surface area contributed by atoms with Gasteiger partial charge in [0.05, 0.1) is 9.50 Å². The lowest BCUT2D eigenvalue weighted by Gasteiger charge is -2.08. The van der Waals surface area contributed by atoms with Crippen LogP contribution in [0.1, 0.15) is 5.56 Å². The number of hydrogen-bond donors (Lipinski definition) is 2. The van der Waals surface area contributed by atoms with Gasteiger partial charge in [0, 0.05) is 12.2 Å². The highest BCUT2D eigenvalue weighted by Gasteiger charge is 2.02. The quantitative estimate of drug-likeness (QED) is 0.809. The van der Waals surface area contributed by atoms with Gasteiger partial charge in [-0.1, -0.05) is 17.7 Å². The minimum atomic E-state index is -0.286. The van der Waals surface area contributed by atoms with Crippen molar-refractivity contribution in [2.24, 2.45) is 0 Å². The highest BCUT2D eigenvalue weighted by Crippen LogP contribution is 2.26. The van der Waals surface area contributed by atoms with Crippen molar-refractivity contribution in [3.8, 4) is 5.75 Å². The zero-order valence-electron chi connectivity index (χ0n) is 9.25. The number of benzene rings is 2. The topological polar surface area (TPSA) is 32.3 Å². The van der Waals surface area contributed by atoms with Crippen LogP contribution in [0.25, 0.3) is 0 Å². The van der Waals surface area contributed by atoms with E-state index in [9.17, 15) is 9.50 Å². The van der Waals surface area contributed by atoms with Crippen molar-refractivity contribution in [3.05, 3.63) is 57.3 Å². The molecule has 0 aliphatic rings. The Morgan fingerprint density at radius 3 is 2.67 bits per heavy atom. The van der Waals surface area contributed by atoms with Crippen LogP contribution < -0.4 is 5.32 Å². The second-order valence-electron chi connectivity index (χ2n) is 3.77. The van der Waals surface area contributed by atoms with E-state index in [4.69, 9.17) is 11.6 Å². The molecule has 0 aliphatic carbocycles. The van der Waals surface area contributed by atoms with Crippen molar-refractivity contribution in [2.75, 3.05) is 5.32 Å². The van der Waals surface area contributed by atoms with E-state index >= 15 is 0 Å². The Balaban J connectivity index is 2.06. The van der Waals surface area contributed by atoms with Crippen molar-refractivity contribution in [3.63, 3.8) is 0 Å². The molecule has 2 aromatic rings. The fourth-order valence-electron chi connectivity index (χ4n) is 1.47. The molecule has 5 heteroatoms. The second kappa shape index (κ2) is 5.59. The van der Waals surface area contributed by atoms with Gasteiger partial charge in [-0.2, -0.15) is 0 Å². The molecule has 18 heavy (non-hydrogen) atoms. The van der Waals surface area contributed by atoms with Gasteiger partial charge >= 0.3 is 0 Å². The van der Waals surface area contributed by atoms with Crippen LogP contribution in [0, 0.1) is 5.82 Å². The third-order valence-electron chi connectivity index (χ3n) is 2.43. The summed E-state index contributed by atoms with van der Waals surface area (Å²) in [6.07, 6.45) is 0. The molecule has 2 nitrogen and oxygen atoms in total. The Bertz CT molecular complexity index is 525. The standard InChI is InChI=1S/C13H10BrClFNO/c14-10-5-8(1-3-12(10)16)7-17-9-2-4-13(18)11(15)6-9/h1-6,17-18H,7H2. The Morgan fingerprint density at radius 2 is 2.00 bits per heavy atom. The summed E-state index contributed by atoms with van der Waals surface area (Å²) in [5, 5.41) is 12.7. The Morgan fingerprint density at radius 1 is 1.22 bits per heavy atom. The molecule has 2 rings (SSSR count).